The second-order valence-corrected chi connectivity index (χ2v) is 7.03. The van der Waals surface area contributed by atoms with Gasteiger partial charge in [0.15, 0.2) is 5.78 Å². The van der Waals surface area contributed by atoms with E-state index in [2.05, 4.69) is 20.5 Å². The first-order valence-corrected chi connectivity index (χ1v) is 8.83. The maximum Gasteiger partial charge on any atom is 0.214 e. The first-order valence-electron chi connectivity index (χ1n) is 7.95. The molecule has 26 heavy (non-hydrogen) atoms. The SMILES string of the molecule is C[C@@H](Sc1nnnn1-c1cccc(F)c1)C(=O)c1c[nH]c2ccccc12. The third-order valence-electron chi connectivity index (χ3n) is 4.00. The van der Waals surface area contributed by atoms with E-state index in [1.807, 2.05) is 24.3 Å². The summed E-state index contributed by atoms with van der Waals surface area (Å²) in [5, 5.41) is 12.4. The van der Waals surface area contributed by atoms with Crippen LogP contribution in [0.15, 0.2) is 59.9 Å². The van der Waals surface area contributed by atoms with Crippen molar-refractivity contribution in [2.45, 2.75) is 17.3 Å². The van der Waals surface area contributed by atoms with E-state index in [9.17, 15) is 9.18 Å². The summed E-state index contributed by atoms with van der Waals surface area (Å²) in [6, 6.07) is 13.6. The van der Waals surface area contributed by atoms with Crippen LogP contribution in [0.4, 0.5) is 4.39 Å². The number of thioether (sulfide) groups is 1. The number of carbonyl (C=O) groups is 1. The van der Waals surface area contributed by atoms with Gasteiger partial charge in [0.25, 0.3) is 0 Å². The van der Waals surface area contributed by atoms with Crippen molar-refractivity contribution in [1.82, 2.24) is 25.2 Å². The number of para-hydroxylation sites is 1. The number of H-pyrrole nitrogens is 1. The average Bonchev–Trinajstić information content (AvgIpc) is 3.28. The number of carbonyl (C=O) groups excluding carboxylic acids is 1. The fraction of sp³-hybridized carbons (Fsp3) is 0.111. The molecule has 0 bridgehead atoms. The highest BCUT2D eigenvalue weighted by Crippen LogP contribution is 2.28. The number of rotatable bonds is 5. The van der Waals surface area contributed by atoms with Gasteiger partial charge in [-0.15, -0.1) is 5.10 Å². The van der Waals surface area contributed by atoms with Gasteiger partial charge in [0.1, 0.15) is 5.82 Å². The van der Waals surface area contributed by atoms with Crippen molar-refractivity contribution in [3.8, 4) is 5.69 Å². The molecule has 0 aliphatic heterocycles. The molecule has 0 unspecified atom stereocenters. The van der Waals surface area contributed by atoms with Gasteiger partial charge in [0.2, 0.25) is 5.16 Å². The minimum absolute atomic E-state index is 0.0266. The number of hydrogen-bond donors (Lipinski definition) is 1. The molecule has 0 aliphatic carbocycles. The molecule has 6 nitrogen and oxygen atoms in total. The minimum atomic E-state index is -0.410. The van der Waals surface area contributed by atoms with E-state index in [4.69, 9.17) is 0 Å². The van der Waals surface area contributed by atoms with Gasteiger partial charge in [-0.25, -0.2) is 4.39 Å². The van der Waals surface area contributed by atoms with Crippen LogP contribution in [-0.4, -0.2) is 36.2 Å². The summed E-state index contributed by atoms with van der Waals surface area (Å²) >= 11 is 1.23. The molecular formula is C18H14FN5OS. The summed E-state index contributed by atoms with van der Waals surface area (Å²) in [5.74, 6) is -0.405. The summed E-state index contributed by atoms with van der Waals surface area (Å²) in [6.07, 6.45) is 1.72. The van der Waals surface area contributed by atoms with Crippen molar-refractivity contribution in [1.29, 1.82) is 0 Å². The van der Waals surface area contributed by atoms with E-state index in [1.165, 1.54) is 28.6 Å². The molecular weight excluding hydrogens is 353 g/mol. The molecule has 0 aliphatic rings. The maximum atomic E-state index is 13.5. The Hall–Kier alpha value is -3.00. The number of ketones is 1. The smallest absolute Gasteiger partial charge is 0.214 e. The van der Waals surface area contributed by atoms with Gasteiger partial charge >= 0.3 is 0 Å². The summed E-state index contributed by atoms with van der Waals surface area (Å²) in [7, 11) is 0. The van der Waals surface area contributed by atoms with Crippen LogP contribution in [-0.2, 0) is 0 Å². The van der Waals surface area contributed by atoms with Crippen LogP contribution < -0.4 is 0 Å². The van der Waals surface area contributed by atoms with Crippen molar-refractivity contribution in [3.63, 3.8) is 0 Å². The lowest BCUT2D eigenvalue weighted by molar-refractivity contribution is 0.0995. The normalized spacial score (nSPS) is 12.4. The molecule has 1 atom stereocenters. The molecule has 2 aromatic carbocycles. The number of fused-ring (bicyclic) bond motifs is 1. The van der Waals surface area contributed by atoms with E-state index in [0.717, 1.165) is 10.9 Å². The van der Waals surface area contributed by atoms with Gasteiger partial charge in [-0.05, 0) is 41.6 Å². The quantitative estimate of drug-likeness (QED) is 0.430. The lowest BCUT2D eigenvalue weighted by Gasteiger charge is -2.09. The topological polar surface area (TPSA) is 76.5 Å². The zero-order chi connectivity index (χ0) is 18.1. The Morgan fingerprint density at radius 3 is 2.92 bits per heavy atom. The number of aromatic amines is 1. The van der Waals surface area contributed by atoms with E-state index in [1.54, 1.807) is 25.3 Å². The predicted molar refractivity (Wildman–Crippen MR) is 97.1 cm³/mol. The second-order valence-electron chi connectivity index (χ2n) is 5.73. The number of Topliss-reactive ketones (excluding diaryl/α,β-unsaturated/α-hetero) is 1. The van der Waals surface area contributed by atoms with Crippen molar-refractivity contribution in [2.75, 3.05) is 0 Å². The molecule has 4 rings (SSSR count). The summed E-state index contributed by atoms with van der Waals surface area (Å²) < 4.78 is 14.9. The highest BCUT2D eigenvalue weighted by molar-refractivity contribution is 8.00. The standard InChI is InChI=1S/C18H14FN5OS/c1-11(17(25)15-10-20-16-8-3-2-7-14(15)16)26-18-21-22-23-24(18)13-6-4-5-12(19)9-13/h2-11,20H,1H3/t11-/m1/s1. The number of aromatic nitrogens is 5. The largest absolute Gasteiger partial charge is 0.360 e. The Bertz CT molecular complexity index is 1090. The van der Waals surface area contributed by atoms with Gasteiger partial charge in [0, 0.05) is 22.7 Å². The van der Waals surface area contributed by atoms with Crippen LogP contribution in [0.3, 0.4) is 0 Å². The van der Waals surface area contributed by atoms with Crippen LogP contribution >= 0.6 is 11.8 Å². The Balaban J connectivity index is 1.60. The van der Waals surface area contributed by atoms with Gasteiger partial charge in [-0.3, -0.25) is 4.79 Å². The fourth-order valence-corrected chi connectivity index (χ4v) is 3.60. The maximum absolute atomic E-state index is 13.5. The number of tetrazole rings is 1. The summed E-state index contributed by atoms with van der Waals surface area (Å²) in [6.45, 7) is 1.80. The summed E-state index contributed by atoms with van der Waals surface area (Å²) in [4.78, 5) is 16.0. The predicted octanol–water partition coefficient (Wildman–Crippen LogP) is 3.65. The van der Waals surface area contributed by atoms with Gasteiger partial charge in [0.05, 0.1) is 10.9 Å². The number of benzene rings is 2. The highest BCUT2D eigenvalue weighted by atomic mass is 32.2. The van der Waals surface area contributed by atoms with Crippen molar-refractivity contribution < 1.29 is 9.18 Å². The van der Waals surface area contributed by atoms with E-state index < -0.39 is 5.25 Å². The van der Waals surface area contributed by atoms with Crippen molar-refractivity contribution in [2.24, 2.45) is 0 Å². The Labute approximate surface area is 152 Å². The third-order valence-corrected chi connectivity index (χ3v) is 5.03. The molecule has 0 fully saturated rings. The molecule has 1 N–H and O–H groups in total. The lowest BCUT2D eigenvalue weighted by atomic mass is 10.1. The Kier molecular flexibility index (Phi) is 4.26. The van der Waals surface area contributed by atoms with E-state index in [0.29, 0.717) is 16.4 Å². The zero-order valence-corrected chi connectivity index (χ0v) is 14.6. The van der Waals surface area contributed by atoms with Gasteiger partial charge < -0.3 is 4.98 Å². The van der Waals surface area contributed by atoms with Crippen LogP contribution in [0.1, 0.15) is 17.3 Å². The number of hydrogen-bond acceptors (Lipinski definition) is 5. The monoisotopic (exact) mass is 367 g/mol. The molecule has 130 valence electrons. The van der Waals surface area contributed by atoms with Crippen molar-refractivity contribution >= 4 is 28.4 Å². The number of nitrogens with zero attached hydrogens (tertiary/aromatic N) is 4. The lowest BCUT2D eigenvalue weighted by Crippen LogP contribution is -2.14. The van der Waals surface area contributed by atoms with Crippen molar-refractivity contribution in [3.05, 3.63) is 66.1 Å². The molecule has 0 spiro atoms. The zero-order valence-electron chi connectivity index (χ0n) is 13.8. The molecule has 0 saturated heterocycles. The summed E-state index contributed by atoms with van der Waals surface area (Å²) in [5.41, 5.74) is 2.05. The van der Waals surface area contributed by atoms with Gasteiger partial charge in [-0.1, -0.05) is 36.0 Å². The molecule has 0 radical (unpaired) electrons. The molecule has 2 aromatic heterocycles. The highest BCUT2D eigenvalue weighted by Gasteiger charge is 2.22. The first kappa shape index (κ1) is 16.5. The fourth-order valence-electron chi connectivity index (χ4n) is 2.73. The van der Waals surface area contributed by atoms with E-state index >= 15 is 0 Å². The molecule has 0 amide bonds. The number of nitrogens with one attached hydrogen (secondary N) is 1. The van der Waals surface area contributed by atoms with E-state index in [-0.39, 0.29) is 11.6 Å². The molecule has 4 aromatic rings. The Morgan fingerprint density at radius 2 is 2.08 bits per heavy atom. The average molecular weight is 367 g/mol. The molecule has 0 saturated carbocycles. The van der Waals surface area contributed by atoms with Crippen LogP contribution in [0, 0.1) is 5.82 Å². The first-order chi connectivity index (χ1) is 12.6. The van der Waals surface area contributed by atoms with Crippen LogP contribution in [0.2, 0.25) is 0 Å². The van der Waals surface area contributed by atoms with Crippen LogP contribution in [0.5, 0.6) is 0 Å². The minimum Gasteiger partial charge on any atom is -0.360 e. The molecule has 8 heteroatoms. The van der Waals surface area contributed by atoms with Crippen LogP contribution in [0.25, 0.3) is 16.6 Å². The van der Waals surface area contributed by atoms with Gasteiger partial charge in [-0.2, -0.15) is 4.68 Å². The molecule has 2 heterocycles. The Morgan fingerprint density at radius 1 is 1.23 bits per heavy atom. The number of halogens is 1. The third kappa shape index (κ3) is 2.99. The second kappa shape index (κ2) is 6.72.